The Balaban J connectivity index is 0.000000231. The minimum atomic E-state index is -0.451. The third-order valence-corrected chi connectivity index (χ3v) is 12.5. The molecule has 0 fully saturated rings. The van der Waals surface area contributed by atoms with Gasteiger partial charge in [0.05, 0.1) is 88.1 Å². The van der Waals surface area contributed by atoms with E-state index < -0.39 is 19.7 Å². The molecule has 0 saturated carbocycles. The van der Waals surface area contributed by atoms with Crippen molar-refractivity contribution in [2.45, 2.75) is 13.8 Å². The van der Waals surface area contributed by atoms with E-state index in [4.69, 9.17) is 50.1 Å². The van der Waals surface area contributed by atoms with Gasteiger partial charge in [-0.25, -0.2) is 29.9 Å². The molecule has 0 atom stereocenters. The summed E-state index contributed by atoms with van der Waals surface area (Å²) in [5, 5.41) is 44.7. The van der Waals surface area contributed by atoms with Gasteiger partial charge in [-0.3, -0.25) is 40.5 Å². The molecule has 0 N–H and O–H groups in total. The van der Waals surface area contributed by atoms with Crippen molar-refractivity contribution < 1.29 is 44.2 Å². The van der Waals surface area contributed by atoms with Crippen molar-refractivity contribution >= 4 is 117 Å². The third-order valence-electron chi connectivity index (χ3n) is 12.5. The Morgan fingerprint density at radius 3 is 0.841 bits per heavy atom. The fourth-order valence-corrected chi connectivity index (χ4v) is 8.41. The molecule has 0 saturated heterocycles. The summed E-state index contributed by atoms with van der Waals surface area (Å²) in [7, 11) is 9.53. The number of pyridine rings is 2. The van der Waals surface area contributed by atoms with Gasteiger partial charge in [0.2, 0.25) is 0 Å². The number of hydrogen-bond donors (Lipinski definition) is 0. The van der Waals surface area contributed by atoms with E-state index in [0.29, 0.717) is 79.5 Å². The molecule has 0 unspecified atom stereocenters. The first-order valence-corrected chi connectivity index (χ1v) is 34.3. The van der Waals surface area contributed by atoms with Gasteiger partial charge in [-0.05, 0) is 85.6 Å². The first kappa shape index (κ1) is 66.4. The predicted octanol–water partition coefficient (Wildman–Crippen LogP) is 18.2. The van der Waals surface area contributed by atoms with Crippen LogP contribution in [-0.2, 0) is 24.5 Å². The second kappa shape index (κ2) is 33.7. The average molecular weight is 1430 g/mol. The van der Waals surface area contributed by atoms with Crippen LogP contribution in [0.2, 0.25) is 0 Å². The SMILES string of the molecule is Cc1cc([N+](=O)[O-])ccc1N=C(c1ccccc1)c1cccc(C(=Nc2ccc([N+](=O)[O-])cc2)c2ccccc2)n1.Cc1cc([N+](=O)[O-])ccc1N=C(c1ccccc1)c1cccc(C(=Nc2ccc([N+](=O)[O-])cc2)c2ccccc2)n1.[Br][Fe][Br].[Cl][Fe][Cl]. The number of nitro benzene ring substituents is 4. The maximum atomic E-state index is 11.2. The molecular formula is C64H46Br2Cl2Fe2N10O8. The van der Waals surface area contributed by atoms with Gasteiger partial charge in [0.15, 0.2) is 0 Å². The van der Waals surface area contributed by atoms with E-state index >= 15 is 0 Å². The van der Waals surface area contributed by atoms with E-state index in [9.17, 15) is 40.5 Å². The molecule has 444 valence electrons. The number of nitro groups is 4. The second-order valence-corrected chi connectivity index (χ2v) is 25.6. The normalized spacial score (nSPS) is 11.4. The van der Waals surface area contributed by atoms with Crippen molar-refractivity contribution in [1.29, 1.82) is 0 Å². The van der Waals surface area contributed by atoms with Crippen LogP contribution in [0.3, 0.4) is 0 Å². The van der Waals surface area contributed by atoms with Crippen LogP contribution < -0.4 is 0 Å². The van der Waals surface area contributed by atoms with Gasteiger partial charge >= 0.3 is 72.9 Å². The molecule has 0 spiro atoms. The van der Waals surface area contributed by atoms with E-state index in [1.165, 1.54) is 48.5 Å². The quantitative estimate of drug-likeness (QED) is 0.0383. The summed E-state index contributed by atoms with van der Waals surface area (Å²) in [5.41, 5.74) is 11.5. The summed E-state index contributed by atoms with van der Waals surface area (Å²) in [6, 6.07) is 70.6. The fourth-order valence-electron chi connectivity index (χ4n) is 8.41. The molecule has 10 rings (SSSR count). The van der Waals surface area contributed by atoms with Crippen LogP contribution in [0, 0.1) is 54.3 Å². The van der Waals surface area contributed by atoms with Crippen molar-refractivity contribution in [3.05, 3.63) is 339 Å². The zero-order chi connectivity index (χ0) is 63.0. The monoisotopic (exact) mass is 1420 g/mol. The minimum absolute atomic E-state index is 0.00204. The van der Waals surface area contributed by atoms with Crippen LogP contribution in [0.25, 0.3) is 0 Å². The van der Waals surface area contributed by atoms with Gasteiger partial charge in [-0.1, -0.05) is 133 Å². The third kappa shape index (κ3) is 19.0. The number of halogens is 4. The number of rotatable bonds is 16. The second-order valence-electron chi connectivity index (χ2n) is 18.2. The topological polar surface area (TPSA) is 248 Å². The average Bonchev–Trinajstić information content (AvgIpc) is 3.40. The van der Waals surface area contributed by atoms with Gasteiger partial charge in [-0.15, -0.1) is 0 Å². The van der Waals surface area contributed by atoms with E-state index in [2.05, 4.69) is 28.2 Å². The van der Waals surface area contributed by atoms with Crippen molar-refractivity contribution in [3.63, 3.8) is 0 Å². The van der Waals surface area contributed by atoms with Gasteiger partial charge in [0.25, 0.3) is 22.7 Å². The molecule has 18 nitrogen and oxygen atoms in total. The standard InChI is InChI=1S/2C32H23N5O4.2BrH.2ClH.2Fe/c2*1-22-21-27(37(40)41)19-20-28(22)35-32(24-11-6-3-7-12-24)30-14-8-13-29(34-30)31(23-9-4-2-5-10-23)33-25-15-17-26(18-16-25)36(38)39;;;;;;/h2*2-21H,1H3;4*1H;;/q;;;;;;2*+2/p-4. The Labute approximate surface area is 539 Å². The zero-order valence-electron chi connectivity index (χ0n) is 46.1. The van der Waals surface area contributed by atoms with Crippen molar-refractivity contribution in [3.8, 4) is 0 Å². The van der Waals surface area contributed by atoms with Crippen LogP contribution >= 0.6 is 48.4 Å². The van der Waals surface area contributed by atoms with Crippen LogP contribution in [0.1, 0.15) is 56.2 Å². The Hall–Kier alpha value is -9.08. The first-order valence-electron chi connectivity index (χ1n) is 25.8. The zero-order valence-corrected chi connectivity index (χ0v) is 52.9. The number of aromatic nitrogens is 2. The fraction of sp³-hybridized carbons (Fsp3) is 0.0312. The molecule has 0 aliphatic heterocycles. The van der Waals surface area contributed by atoms with Crippen molar-refractivity contribution in [1.82, 2.24) is 9.97 Å². The molecule has 88 heavy (non-hydrogen) atoms. The van der Waals surface area contributed by atoms with Crippen LogP contribution in [-0.4, -0.2) is 52.5 Å². The molecule has 0 aliphatic carbocycles. The van der Waals surface area contributed by atoms with Gasteiger partial charge in [0.1, 0.15) is 0 Å². The molecule has 24 heteroatoms. The molecule has 2 aromatic heterocycles. The molecule has 0 radical (unpaired) electrons. The number of nitrogens with zero attached hydrogens (tertiary/aromatic N) is 10. The van der Waals surface area contributed by atoms with E-state index in [1.807, 2.05) is 158 Å². The number of aryl methyl sites for hydroxylation is 2. The molecule has 0 amide bonds. The van der Waals surface area contributed by atoms with Crippen molar-refractivity contribution in [2.75, 3.05) is 0 Å². The summed E-state index contributed by atoms with van der Waals surface area (Å²) in [6.07, 6.45) is 0. The van der Waals surface area contributed by atoms with E-state index in [0.717, 1.165) is 33.6 Å². The van der Waals surface area contributed by atoms with Gasteiger partial charge < -0.3 is 0 Å². The van der Waals surface area contributed by atoms with Crippen LogP contribution in [0.5, 0.6) is 0 Å². The summed E-state index contributed by atoms with van der Waals surface area (Å²) >= 11 is 7.19. The summed E-state index contributed by atoms with van der Waals surface area (Å²) < 4.78 is 0. The summed E-state index contributed by atoms with van der Waals surface area (Å²) in [5.74, 6) is 0. The first-order chi connectivity index (χ1) is 42.6. The maximum absolute atomic E-state index is 11.2. The molecular weight excluding hydrogens is 1380 g/mol. The molecule has 2 heterocycles. The Bertz CT molecular complexity index is 3910. The van der Waals surface area contributed by atoms with Crippen molar-refractivity contribution in [2.24, 2.45) is 20.0 Å². The number of aliphatic imine (C=N–C) groups is 4. The Kier molecular flexibility index (Phi) is 25.5. The summed E-state index contributed by atoms with van der Waals surface area (Å²) in [4.78, 5) is 72.3. The number of hydrogen-bond acceptors (Lipinski definition) is 14. The molecule has 8 aromatic carbocycles. The molecule has 0 aliphatic rings. The molecule has 10 aromatic rings. The van der Waals surface area contributed by atoms with E-state index in [-0.39, 0.29) is 35.9 Å². The van der Waals surface area contributed by atoms with Crippen LogP contribution in [0.15, 0.2) is 263 Å². The summed E-state index contributed by atoms with van der Waals surface area (Å²) in [6.45, 7) is 3.56. The Morgan fingerprint density at radius 1 is 0.364 bits per heavy atom. The number of benzene rings is 8. The Morgan fingerprint density at radius 2 is 0.602 bits per heavy atom. The van der Waals surface area contributed by atoms with Gasteiger partial charge in [-0.2, -0.15) is 0 Å². The molecule has 0 bridgehead atoms. The number of non-ortho nitro benzene ring substituents is 4. The van der Waals surface area contributed by atoms with Gasteiger partial charge in [0, 0.05) is 70.8 Å². The van der Waals surface area contributed by atoms with Crippen LogP contribution in [0.4, 0.5) is 45.5 Å². The van der Waals surface area contributed by atoms with E-state index in [1.54, 1.807) is 50.2 Å². The predicted molar refractivity (Wildman–Crippen MR) is 347 cm³/mol.